The molecule has 0 saturated carbocycles. The third kappa shape index (κ3) is 3.97. The molecular formula is C27H22N2O3S2. The monoisotopic (exact) mass is 486 g/mol. The molecule has 3 heterocycles. The number of aliphatic hydroxyl groups is 1. The number of hydrogen-bond donors (Lipinski definition) is 1. The van der Waals surface area contributed by atoms with Crippen LogP contribution in [0, 0.1) is 13.8 Å². The van der Waals surface area contributed by atoms with Gasteiger partial charge in [-0.1, -0.05) is 66.2 Å². The number of carbonyl (C=O) groups excluding carboxylic acids is 2. The van der Waals surface area contributed by atoms with Gasteiger partial charge in [0.25, 0.3) is 5.91 Å². The SMILES string of the molecule is Cc1cccc(C2C(C(=O)c3sc(-c4ccccc4)nc3C)=C(O)C(=O)N2Cc2cccs2)c1. The van der Waals surface area contributed by atoms with Crippen LogP contribution in [0.4, 0.5) is 0 Å². The van der Waals surface area contributed by atoms with Gasteiger partial charge in [-0.2, -0.15) is 0 Å². The Bertz CT molecular complexity index is 1400. The van der Waals surface area contributed by atoms with E-state index >= 15 is 0 Å². The lowest BCUT2D eigenvalue weighted by Gasteiger charge is -2.26. The van der Waals surface area contributed by atoms with E-state index in [2.05, 4.69) is 4.98 Å². The second kappa shape index (κ2) is 9.00. The third-order valence-corrected chi connectivity index (χ3v) is 7.90. The number of carbonyl (C=O) groups is 2. The zero-order valence-corrected chi connectivity index (χ0v) is 20.3. The van der Waals surface area contributed by atoms with Crippen LogP contribution in [-0.4, -0.2) is 26.7 Å². The van der Waals surface area contributed by atoms with E-state index in [4.69, 9.17) is 0 Å². The molecule has 0 saturated heterocycles. The number of ketones is 1. The summed E-state index contributed by atoms with van der Waals surface area (Å²) in [6.45, 7) is 4.07. The minimum Gasteiger partial charge on any atom is -0.503 e. The number of rotatable bonds is 6. The maximum atomic E-state index is 13.9. The van der Waals surface area contributed by atoms with E-state index in [9.17, 15) is 14.7 Å². The molecular weight excluding hydrogens is 464 g/mol. The Hall–Kier alpha value is -3.55. The molecule has 7 heteroatoms. The maximum absolute atomic E-state index is 13.9. The number of aromatic nitrogens is 1. The molecule has 0 spiro atoms. The minimum atomic E-state index is -0.677. The van der Waals surface area contributed by atoms with Gasteiger partial charge in [0, 0.05) is 10.4 Å². The molecule has 0 aliphatic carbocycles. The molecule has 1 aliphatic rings. The average Bonchev–Trinajstić information content (AvgIpc) is 3.55. The Balaban J connectivity index is 1.59. The van der Waals surface area contributed by atoms with E-state index in [1.54, 1.807) is 11.8 Å². The molecule has 5 rings (SSSR count). The van der Waals surface area contributed by atoms with Crippen LogP contribution in [0.3, 0.4) is 0 Å². The molecule has 2 aromatic carbocycles. The molecule has 1 unspecified atom stereocenters. The zero-order chi connectivity index (χ0) is 23.8. The van der Waals surface area contributed by atoms with Crippen LogP contribution in [0.2, 0.25) is 0 Å². The molecule has 34 heavy (non-hydrogen) atoms. The van der Waals surface area contributed by atoms with E-state index in [-0.39, 0.29) is 11.4 Å². The van der Waals surface area contributed by atoms with Crippen LogP contribution in [0.25, 0.3) is 10.6 Å². The summed E-state index contributed by atoms with van der Waals surface area (Å²) in [5, 5.41) is 13.6. The fraction of sp³-hybridized carbons (Fsp3) is 0.148. The average molecular weight is 487 g/mol. The quantitative estimate of drug-likeness (QED) is 0.326. The summed E-state index contributed by atoms with van der Waals surface area (Å²) < 4.78 is 0. The summed E-state index contributed by atoms with van der Waals surface area (Å²) in [4.78, 5) is 34.7. The predicted octanol–water partition coefficient (Wildman–Crippen LogP) is 6.27. The molecule has 1 atom stereocenters. The van der Waals surface area contributed by atoms with E-state index in [0.29, 0.717) is 17.1 Å². The largest absolute Gasteiger partial charge is 0.503 e. The van der Waals surface area contributed by atoms with Gasteiger partial charge in [-0.25, -0.2) is 4.98 Å². The normalized spacial score (nSPS) is 15.9. The lowest BCUT2D eigenvalue weighted by Crippen LogP contribution is -2.30. The first-order chi connectivity index (χ1) is 16.4. The van der Waals surface area contributed by atoms with Crippen molar-refractivity contribution in [3.63, 3.8) is 0 Å². The summed E-state index contributed by atoms with van der Waals surface area (Å²) in [7, 11) is 0. The van der Waals surface area contributed by atoms with Crippen molar-refractivity contribution in [3.05, 3.63) is 110 Å². The number of amides is 1. The Morgan fingerprint density at radius 3 is 2.56 bits per heavy atom. The summed E-state index contributed by atoms with van der Waals surface area (Å²) in [5.41, 5.74) is 3.42. The van der Waals surface area contributed by atoms with Crippen LogP contribution >= 0.6 is 22.7 Å². The van der Waals surface area contributed by atoms with Crippen molar-refractivity contribution in [3.8, 4) is 10.6 Å². The van der Waals surface area contributed by atoms with Crippen molar-refractivity contribution < 1.29 is 14.7 Å². The number of thiophene rings is 1. The van der Waals surface area contributed by atoms with Gasteiger partial charge in [-0.15, -0.1) is 22.7 Å². The van der Waals surface area contributed by atoms with Crippen molar-refractivity contribution in [2.24, 2.45) is 0 Å². The number of aliphatic hydroxyl groups excluding tert-OH is 1. The number of aryl methyl sites for hydroxylation is 2. The fourth-order valence-electron chi connectivity index (χ4n) is 4.24. The predicted molar refractivity (Wildman–Crippen MR) is 135 cm³/mol. The molecule has 1 N–H and O–H groups in total. The van der Waals surface area contributed by atoms with Gasteiger partial charge in [-0.05, 0) is 30.9 Å². The molecule has 1 amide bonds. The number of Topliss-reactive ketones (excluding diaryl/α,β-unsaturated/α-hetero) is 1. The van der Waals surface area contributed by atoms with Gasteiger partial charge < -0.3 is 10.0 Å². The Kier molecular flexibility index (Phi) is 5.89. The molecule has 0 radical (unpaired) electrons. The number of thiazole rings is 1. The zero-order valence-electron chi connectivity index (χ0n) is 18.7. The Morgan fingerprint density at radius 1 is 1.06 bits per heavy atom. The van der Waals surface area contributed by atoms with Crippen molar-refractivity contribution in [2.45, 2.75) is 26.4 Å². The number of benzene rings is 2. The summed E-state index contributed by atoms with van der Waals surface area (Å²) in [6, 6.07) is 20.6. The highest BCUT2D eigenvalue weighted by Gasteiger charge is 2.44. The van der Waals surface area contributed by atoms with Gasteiger partial charge >= 0.3 is 0 Å². The molecule has 2 aromatic heterocycles. The van der Waals surface area contributed by atoms with Crippen LogP contribution in [-0.2, 0) is 11.3 Å². The second-order valence-electron chi connectivity index (χ2n) is 8.22. The van der Waals surface area contributed by atoms with Gasteiger partial charge in [-0.3, -0.25) is 9.59 Å². The summed E-state index contributed by atoms with van der Waals surface area (Å²) >= 11 is 2.82. The molecule has 5 nitrogen and oxygen atoms in total. The number of nitrogens with zero attached hydrogens (tertiary/aromatic N) is 2. The Morgan fingerprint density at radius 2 is 1.85 bits per heavy atom. The highest BCUT2D eigenvalue weighted by Crippen LogP contribution is 2.42. The van der Waals surface area contributed by atoms with Crippen LogP contribution in [0.5, 0.6) is 0 Å². The third-order valence-electron chi connectivity index (χ3n) is 5.84. The first-order valence-electron chi connectivity index (χ1n) is 10.8. The van der Waals surface area contributed by atoms with E-state index in [0.717, 1.165) is 26.6 Å². The smallest absolute Gasteiger partial charge is 0.290 e. The van der Waals surface area contributed by atoms with Gasteiger partial charge in [0.2, 0.25) is 5.78 Å². The topological polar surface area (TPSA) is 70.5 Å². The van der Waals surface area contributed by atoms with E-state index in [1.807, 2.05) is 79.0 Å². The van der Waals surface area contributed by atoms with Gasteiger partial charge in [0.05, 0.1) is 28.7 Å². The van der Waals surface area contributed by atoms with Crippen molar-refractivity contribution >= 4 is 34.4 Å². The molecule has 0 bridgehead atoms. The van der Waals surface area contributed by atoms with Crippen LogP contribution in [0.15, 0.2) is 83.4 Å². The maximum Gasteiger partial charge on any atom is 0.290 e. The standard InChI is InChI=1S/C27H22N2O3S2/c1-16-8-6-11-19(14-16)22-21(24(31)27(32)29(22)15-20-12-7-13-33-20)23(30)25-17(2)28-26(34-25)18-9-4-3-5-10-18/h3-14,22,31H,15H2,1-2H3. The van der Waals surface area contributed by atoms with E-state index in [1.165, 1.54) is 22.7 Å². The molecule has 170 valence electrons. The van der Waals surface area contributed by atoms with Gasteiger partial charge in [0.1, 0.15) is 5.01 Å². The second-order valence-corrected chi connectivity index (χ2v) is 10.3. The van der Waals surface area contributed by atoms with Gasteiger partial charge in [0.15, 0.2) is 5.76 Å². The number of hydrogen-bond acceptors (Lipinski definition) is 6. The minimum absolute atomic E-state index is 0.110. The van der Waals surface area contributed by atoms with Crippen molar-refractivity contribution in [1.82, 2.24) is 9.88 Å². The highest BCUT2D eigenvalue weighted by atomic mass is 32.1. The Labute approximate surface area is 205 Å². The lowest BCUT2D eigenvalue weighted by molar-refractivity contribution is -0.130. The van der Waals surface area contributed by atoms with Crippen LogP contribution in [0.1, 0.15) is 37.4 Å². The molecule has 1 aliphatic heterocycles. The fourth-order valence-corrected chi connectivity index (χ4v) is 5.97. The first kappa shape index (κ1) is 22.3. The van der Waals surface area contributed by atoms with E-state index < -0.39 is 17.7 Å². The lowest BCUT2D eigenvalue weighted by atomic mass is 9.94. The summed E-state index contributed by atoms with van der Waals surface area (Å²) in [5.74, 6) is -1.38. The van der Waals surface area contributed by atoms with Crippen molar-refractivity contribution in [2.75, 3.05) is 0 Å². The van der Waals surface area contributed by atoms with Crippen molar-refractivity contribution in [1.29, 1.82) is 0 Å². The summed E-state index contributed by atoms with van der Waals surface area (Å²) in [6.07, 6.45) is 0. The van der Waals surface area contributed by atoms with Crippen LogP contribution < -0.4 is 0 Å². The molecule has 0 fully saturated rings. The first-order valence-corrected chi connectivity index (χ1v) is 12.5. The molecule has 4 aromatic rings. The highest BCUT2D eigenvalue weighted by molar-refractivity contribution is 7.17.